The van der Waals surface area contributed by atoms with E-state index in [1.165, 1.54) is 109 Å². The largest absolute Gasteiger partial charge is 0.310 e. The van der Waals surface area contributed by atoms with Crippen molar-refractivity contribution in [2.24, 2.45) is 0 Å². The monoisotopic (exact) mass is 731 g/mol. The van der Waals surface area contributed by atoms with E-state index in [4.69, 9.17) is 0 Å². The van der Waals surface area contributed by atoms with Crippen LogP contribution in [0.25, 0.3) is 66.1 Å². The molecular formula is C56H45N. The minimum absolute atomic E-state index is 0.600. The van der Waals surface area contributed by atoms with Crippen LogP contribution < -0.4 is 4.90 Å². The number of nitrogens with zero attached hydrogens (tertiary/aromatic N) is 1. The standard InChI is InChI=1S/C56H45N/c1-3-14-40(15-4-1)41-28-30-42(31-29-41)43-32-36-48(37-33-43)57(49-38-34-46(35-39-49)51-24-11-19-44-18-7-8-22-50(44)51)55-27-10-9-23-53(55)54-26-13-21-47-20-12-25-52(56(47)54)45-16-5-2-6-17-45/h1,3-4,7-15,18-39,45H,2,5-6,16-17H2. The van der Waals surface area contributed by atoms with Crippen LogP contribution in [0.3, 0.4) is 0 Å². The Bertz CT molecular complexity index is 2780. The van der Waals surface area contributed by atoms with Crippen molar-refractivity contribution in [3.63, 3.8) is 0 Å². The van der Waals surface area contributed by atoms with Crippen molar-refractivity contribution in [3.8, 4) is 44.5 Å². The molecule has 9 aromatic rings. The first-order chi connectivity index (χ1) is 28.3. The number of fused-ring (bicyclic) bond motifs is 2. The van der Waals surface area contributed by atoms with Gasteiger partial charge in [0, 0.05) is 16.9 Å². The summed E-state index contributed by atoms with van der Waals surface area (Å²) in [7, 11) is 0. The topological polar surface area (TPSA) is 3.24 Å². The maximum atomic E-state index is 2.45. The van der Waals surface area contributed by atoms with E-state index in [0.717, 1.165) is 11.4 Å². The van der Waals surface area contributed by atoms with Crippen molar-refractivity contribution in [2.75, 3.05) is 4.90 Å². The Morgan fingerprint density at radius 1 is 0.333 bits per heavy atom. The lowest BCUT2D eigenvalue weighted by Gasteiger charge is -2.29. The van der Waals surface area contributed by atoms with Gasteiger partial charge in [0.1, 0.15) is 0 Å². The van der Waals surface area contributed by atoms with Gasteiger partial charge < -0.3 is 4.90 Å². The van der Waals surface area contributed by atoms with Gasteiger partial charge in [-0.3, -0.25) is 0 Å². The van der Waals surface area contributed by atoms with Crippen LogP contribution in [-0.2, 0) is 0 Å². The number of benzene rings is 9. The highest BCUT2D eigenvalue weighted by molar-refractivity contribution is 6.03. The lowest BCUT2D eigenvalue weighted by molar-refractivity contribution is 0.445. The second kappa shape index (κ2) is 15.4. The highest BCUT2D eigenvalue weighted by Gasteiger charge is 2.23. The molecule has 0 saturated heterocycles. The number of hydrogen-bond acceptors (Lipinski definition) is 1. The van der Waals surface area contributed by atoms with Gasteiger partial charge in [-0.1, -0.05) is 195 Å². The molecule has 1 saturated carbocycles. The summed E-state index contributed by atoms with van der Waals surface area (Å²) in [5.74, 6) is 0.600. The van der Waals surface area contributed by atoms with E-state index in [2.05, 4.69) is 211 Å². The Hall–Kier alpha value is -6.70. The summed E-state index contributed by atoms with van der Waals surface area (Å²) in [5.41, 5.74) is 14.8. The average Bonchev–Trinajstić information content (AvgIpc) is 3.30. The highest BCUT2D eigenvalue weighted by Crippen LogP contribution is 2.46. The van der Waals surface area contributed by atoms with Crippen LogP contribution >= 0.6 is 0 Å². The molecule has 1 heteroatoms. The minimum atomic E-state index is 0.600. The van der Waals surface area contributed by atoms with Gasteiger partial charge in [-0.15, -0.1) is 0 Å². The van der Waals surface area contributed by atoms with Crippen LogP contribution in [0.1, 0.15) is 43.6 Å². The van der Waals surface area contributed by atoms with Gasteiger partial charge in [0.15, 0.2) is 0 Å². The Morgan fingerprint density at radius 2 is 0.825 bits per heavy atom. The van der Waals surface area contributed by atoms with Gasteiger partial charge in [-0.25, -0.2) is 0 Å². The van der Waals surface area contributed by atoms with E-state index < -0.39 is 0 Å². The van der Waals surface area contributed by atoms with Crippen molar-refractivity contribution in [1.82, 2.24) is 0 Å². The molecule has 0 aliphatic heterocycles. The summed E-state index contributed by atoms with van der Waals surface area (Å²) in [6.45, 7) is 0. The molecule has 1 nitrogen and oxygen atoms in total. The molecule has 0 unspecified atom stereocenters. The second-order valence-corrected chi connectivity index (χ2v) is 15.5. The first-order valence-corrected chi connectivity index (χ1v) is 20.5. The van der Waals surface area contributed by atoms with Crippen LogP contribution in [-0.4, -0.2) is 0 Å². The molecule has 1 aliphatic carbocycles. The molecule has 0 radical (unpaired) electrons. The third kappa shape index (κ3) is 6.81. The Balaban J connectivity index is 1.09. The van der Waals surface area contributed by atoms with E-state index in [9.17, 15) is 0 Å². The molecule has 0 heterocycles. The zero-order chi connectivity index (χ0) is 38.0. The van der Waals surface area contributed by atoms with Crippen LogP contribution in [0.5, 0.6) is 0 Å². The van der Waals surface area contributed by atoms with Crippen LogP contribution in [0.4, 0.5) is 17.1 Å². The number of hydrogen-bond donors (Lipinski definition) is 0. The summed E-state index contributed by atoms with van der Waals surface area (Å²) < 4.78 is 0. The maximum Gasteiger partial charge on any atom is 0.0540 e. The van der Waals surface area contributed by atoms with Gasteiger partial charge in [-0.05, 0) is 115 Å². The molecule has 0 atom stereocenters. The van der Waals surface area contributed by atoms with E-state index in [1.807, 2.05) is 0 Å². The first kappa shape index (κ1) is 34.8. The number of rotatable bonds is 8. The number of para-hydroxylation sites is 1. The second-order valence-electron chi connectivity index (χ2n) is 15.5. The van der Waals surface area contributed by atoms with E-state index >= 15 is 0 Å². The summed E-state index contributed by atoms with van der Waals surface area (Å²) in [6.07, 6.45) is 6.52. The van der Waals surface area contributed by atoms with Crippen molar-refractivity contribution in [2.45, 2.75) is 38.0 Å². The normalized spacial score (nSPS) is 13.2. The molecule has 10 rings (SSSR count). The average molecular weight is 732 g/mol. The van der Waals surface area contributed by atoms with E-state index in [0.29, 0.717) is 5.92 Å². The highest BCUT2D eigenvalue weighted by atomic mass is 15.1. The summed E-state index contributed by atoms with van der Waals surface area (Å²) >= 11 is 0. The fourth-order valence-electron chi connectivity index (χ4n) is 9.23. The lowest BCUT2D eigenvalue weighted by Crippen LogP contribution is -2.11. The van der Waals surface area contributed by atoms with Gasteiger partial charge in [0.2, 0.25) is 0 Å². The van der Waals surface area contributed by atoms with Gasteiger partial charge >= 0.3 is 0 Å². The SMILES string of the molecule is c1ccc(-c2ccc(-c3ccc(N(c4ccc(-c5cccc6ccccc56)cc4)c4ccccc4-c4cccc5cccc(C6CCCCC6)c45)cc3)cc2)cc1. The molecule has 1 aliphatic rings. The van der Waals surface area contributed by atoms with Gasteiger partial charge in [0.05, 0.1) is 5.69 Å². The van der Waals surface area contributed by atoms with Crippen molar-refractivity contribution >= 4 is 38.6 Å². The quantitative estimate of drug-likeness (QED) is 0.150. The Kier molecular flexibility index (Phi) is 9.42. The van der Waals surface area contributed by atoms with E-state index in [1.54, 1.807) is 0 Å². The Labute approximate surface area is 336 Å². The number of anilines is 3. The smallest absolute Gasteiger partial charge is 0.0540 e. The first-order valence-electron chi connectivity index (χ1n) is 20.5. The van der Waals surface area contributed by atoms with E-state index in [-0.39, 0.29) is 0 Å². The van der Waals surface area contributed by atoms with Crippen LogP contribution in [0.15, 0.2) is 206 Å². The molecule has 0 N–H and O–H groups in total. The molecule has 0 amide bonds. The fourth-order valence-corrected chi connectivity index (χ4v) is 9.23. The molecule has 57 heavy (non-hydrogen) atoms. The summed E-state index contributed by atoms with van der Waals surface area (Å²) in [5, 5.41) is 5.25. The zero-order valence-electron chi connectivity index (χ0n) is 32.2. The molecule has 0 spiro atoms. The predicted octanol–water partition coefficient (Wildman–Crippen LogP) is 16.2. The fraction of sp³-hybridized carbons (Fsp3) is 0.107. The van der Waals surface area contributed by atoms with Crippen LogP contribution in [0, 0.1) is 0 Å². The molecule has 0 bridgehead atoms. The summed E-state index contributed by atoms with van der Waals surface area (Å²) in [4.78, 5) is 2.45. The van der Waals surface area contributed by atoms with Crippen LogP contribution in [0.2, 0.25) is 0 Å². The predicted molar refractivity (Wildman–Crippen MR) is 244 cm³/mol. The third-order valence-electron chi connectivity index (χ3n) is 12.1. The summed E-state index contributed by atoms with van der Waals surface area (Å²) in [6, 6.07) is 75.9. The Morgan fingerprint density at radius 3 is 1.53 bits per heavy atom. The van der Waals surface area contributed by atoms with Crippen molar-refractivity contribution in [3.05, 3.63) is 212 Å². The molecular weight excluding hydrogens is 687 g/mol. The maximum absolute atomic E-state index is 2.45. The molecule has 274 valence electrons. The van der Waals surface area contributed by atoms with Crippen molar-refractivity contribution in [1.29, 1.82) is 0 Å². The van der Waals surface area contributed by atoms with Gasteiger partial charge in [0.25, 0.3) is 0 Å². The zero-order valence-corrected chi connectivity index (χ0v) is 32.2. The molecule has 0 aromatic heterocycles. The third-order valence-corrected chi connectivity index (χ3v) is 12.1. The molecule has 1 fully saturated rings. The minimum Gasteiger partial charge on any atom is -0.310 e. The van der Waals surface area contributed by atoms with Crippen molar-refractivity contribution < 1.29 is 0 Å². The van der Waals surface area contributed by atoms with Gasteiger partial charge in [-0.2, -0.15) is 0 Å². The lowest BCUT2D eigenvalue weighted by atomic mass is 9.80. The molecule has 9 aromatic carbocycles.